The second kappa shape index (κ2) is 7.94. The van der Waals surface area contributed by atoms with E-state index in [4.69, 9.17) is 11.6 Å². The lowest BCUT2D eigenvalue weighted by atomic mass is 10.0. The van der Waals surface area contributed by atoms with Gasteiger partial charge in [0.1, 0.15) is 5.70 Å². The molecular weight excluding hydrogens is 384 g/mol. The van der Waals surface area contributed by atoms with Crippen molar-refractivity contribution in [2.75, 3.05) is 11.9 Å². The van der Waals surface area contributed by atoms with Crippen molar-refractivity contribution in [2.24, 2.45) is 0 Å². The number of imide groups is 1. The summed E-state index contributed by atoms with van der Waals surface area (Å²) in [5.74, 6) is -0.673. The Hall–Kier alpha value is -3.37. The summed E-state index contributed by atoms with van der Waals surface area (Å²) in [5.41, 5.74) is 3.07. The van der Waals surface area contributed by atoms with E-state index in [1.807, 2.05) is 72.6 Å². The van der Waals surface area contributed by atoms with Crippen molar-refractivity contribution in [3.05, 3.63) is 107 Å². The molecule has 0 atom stereocenters. The van der Waals surface area contributed by atoms with Gasteiger partial charge in [-0.2, -0.15) is 0 Å². The molecule has 0 saturated carbocycles. The van der Waals surface area contributed by atoms with Gasteiger partial charge in [-0.05, 0) is 35.4 Å². The van der Waals surface area contributed by atoms with Gasteiger partial charge in [0.25, 0.3) is 11.8 Å². The highest BCUT2D eigenvalue weighted by atomic mass is 35.5. The molecule has 0 spiro atoms. The lowest BCUT2D eigenvalue weighted by Crippen LogP contribution is -2.34. The van der Waals surface area contributed by atoms with E-state index in [9.17, 15) is 9.59 Å². The number of rotatable bonds is 5. The van der Waals surface area contributed by atoms with Crippen LogP contribution in [0.15, 0.2) is 90.6 Å². The smallest absolute Gasteiger partial charge is 0.282 e. The number of hydrogen-bond donors (Lipinski definition) is 0. The topological polar surface area (TPSA) is 40.6 Å². The molecule has 4 nitrogen and oxygen atoms in total. The molecule has 2 amide bonds. The molecule has 144 valence electrons. The minimum atomic E-state index is -0.338. The lowest BCUT2D eigenvalue weighted by molar-refractivity contribution is -0.120. The molecule has 0 aliphatic carbocycles. The van der Waals surface area contributed by atoms with Gasteiger partial charge in [0.15, 0.2) is 0 Å². The standard InChI is InChI=1S/C24H19ClN2O2/c1-26(16-17-8-4-2-5-9-17)22-21(18-10-6-3-7-11-18)23(28)27(24(22)29)20-14-12-19(25)13-15-20/h2-15H,16H2,1H3. The molecule has 0 fully saturated rings. The second-order valence-corrected chi connectivity index (χ2v) is 7.29. The van der Waals surface area contributed by atoms with Crippen LogP contribution in [0.2, 0.25) is 5.02 Å². The number of nitrogens with zero attached hydrogens (tertiary/aromatic N) is 2. The van der Waals surface area contributed by atoms with Crippen molar-refractivity contribution in [3.63, 3.8) is 0 Å². The van der Waals surface area contributed by atoms with Crippen LogP contribution in [0.1, 0.15) is 11.1 Å². The Morgan fingerprint density at radius 3 is 2.00 bits per heavy atom. The maximum Gasteiger partial charge on any atom is 0.282 e. The molecular formula is C24H19ClN2O2. The van der Waals surface area contributed by atoms with E-state index in [1.54, 1.807) is 24.3 Å². The SMILES string of the molecule is CN(Cc1ccccc1)C1=C(c2ccccc2)C(=O)N(c2ccc(Cl)cc2)C1=O. The Kier molecular flexibility index (Phi) is 5.19. The Balaban J connectivity index is 1.78. The van der Waals surface area contributed by atoms with Crippen molar-refractivity contribution < 1.29 is 9.59 Å². The van der Waals surface area contributed by atoms with Gasteiger partial charge in [-0.15, -0.1) is 0 Å². The van der Waals surface area contributed by atoms with E-state index < -0.39 is 0 Å². The first kappa shape index (κ1) is 19.0. The first-order valence-corrected chi connectivity index (χ1v) is 9.63. The third-order valence-corrected chi connectivity index (χ3v) is 5.10. The van der Waals surface area contributed by atoms with Gasteiger partial charge in [0.2, 0.25) is 0 Å². The highest BCUT2D eigenvalue weighted by Crippen LogP contribution is 2.35. The van der Waals surface area contributed by atoms with Crippen molar-refractivity contribution in [1.82, 2.24) is 4.90 Å². The van der Waals surface area contributed by atoms with Crippen LogP contribution in [-0.2, 0) is 16.1 Å². The first-order valence-electron chi connectivity index (χ1n) is 9.25. The van der Waals surface area contributed by atoms with Gasteiger partial charge in [-0.1, -0.05) is 72.3 Å². The van der Waals surface area contributed by atoms with Crippen LogP contribution in [0, 0.1) is 0 Å². The molecule has 1 heterocycles. The van der Waals surface area contributed by atoms with Gasteiger partial charge in [0.05, 0.1) is 11.3 Å². The van der Waals surface area contributed by atoms with Crippen LogP contribution in [0.4, 0.5) is 5.69 Å². The van der Waals surface area contributed by atoms with Crippen LogP contribution in [0.3, 0.4) is 0 Å². The number of anilines is 1. The van der Waals surface area contributed by atoms with E-state index in [-0.39, 0.29) is 11.8 Å². The third kappa shape index (κ3) is 3.67. The Morgan fingerprint density at radius 2 is 1.38 bits per heavy atom. The maximum atomic E-state index is 13.4. The zero-order chi connectivity index (χ0) is 20.4. The average molecular weight is 403 g/mol. The summed E-state index contributed by atoms with van der Waals surface area (Å²) < 4.78 is 0. The fourth-order valence-corrected chi connectivity index (χ4v) is 3.62. The number of amides is 2. The summed E-state index contributed by atoms with van der Waals surface area (Å²) in [6, 6.07) is 25.9. The predicted molar refractivity (Wildman–Crippen MR) is 115 cm³/mol. The molecule has 1 aliphatic rings. The van der Waals surface area contributed by atoms with Crippen LogP contribution < -0.4 is 4.90 Å². The molecule has 0 aromatic heterocycles. The van der Waals surface area contributed by atoms with Crippen molar-refractivity contribution >= 4 is 34.7 Å². The van der Waals surface area contributed by atoms with E-state index in [0.717, 1.165) is 11.1 Å². The molecule has 3 aromatic rings. The van der Waals surface area contributed by atoms with E-state index in [1.165, 1.54) is 4.90 Å². The Labute approximate surface area is 174 Å². The van der Waals surface area contributed by atoms with Crippen LogP contribution >= 0.6 is 11.6 Å². The van der Waals surface area contributed by atoms with E-state index in [0.29, 0.717) is 28.5 Å². The van der Waals surface area contributed by atoms with E-state index >= 15 is 0 Å². The van der Waals surface area contributed by atoms with Gasteiger partial charge in [-0.3, -0.25) is 9.59 Å². The molecule has 0 saturated heterocycles. The molecule has 29 heavy (non-hydrogen) atoms. The lowest BCUT2D eigenvalue weighted by Gasteiger charge is -2.21. The van der Waals surface area contributed by atoms with Gasteiger partial charge in [0, 0.05) is 18.6 Å². The number of halogens is 1. The normalized spacial score (nSPS) is 13.9. The number of benzene rings is 3. The van der Waals surface area contributed by atoms with Gasteiger partial charge in [-0.25, -0.2) is 4.90 Å². The molecule has 0 unspecified atom stereocenters. The quantitative estimate of drug-likeness (QED) is 0.578. The summed E-state index contributed by atoms with van der Waals surface area (Å²) >= 11 is 5.98. The number of carbonyl (C=O) groups is 2. The predicted octanol–water partition coefficient (Wildman–Crippen LogP) is 4.76. The van der Waals surface area contributed by atoms with Crippen LogP contribution in [0.5, 0.6) is 0 Å². The average Bonchev–Trinajstić information content (AvgIpc) is 3.00. The van der Waals surface area contributed by atoms with Crippen molar-refractivity contribution in [2.45, 2.75) is 6.54 Å². The number of likely N-dealkylation sites (N-methyl/N-ethyl adjacent to an activating group) is 1. The number of hydrogen-bond acceptors (Lipinski definition) is 3. The molecule has 0 N–H and O–H groups in total. The van der Waals surface area contributed by atoms with Crippen LogP contribution in [0.25, 0.3) is 5.57 Å². The summed E-state index contributed by atoms with van der Waals surface area (Å²) in [5, 5.41) is 0.547. The zero-order valence-electron chi connectivity index (χ0n) is 15.9. The zero-order valence-corrected chi connectivity index (χ0v) is 16.6. The fraction of sp³-hybridized carbons (Fsp3) is 0.0833. The van der Waals surface area contributed by atoms with Gasteiger partial charge >= 0.3 is 0 Å². The Morgan fingerprint density at radius 1 is 0.793 bits per heavy atom. The van der Waals surface area contributed by atoms with E-state index in [2.05, 4.69) is 0 Å². The Bertz CT molecular complexity index is 1080. The maximum absolute atomic E-state index is 13.4. The first-order chi connectivity index (χ1) is 14.1. The molecule has 5 heteroatoms. The minimum Gasteiger partial charge on any atom is -0.365 e. The fourth-order valence-electron chi connectivity index (χ4n) is 3.50. The van der Waals surface area contributed by atoms with Crippen molar-refractivity contribution in [1.29, 1.82) is 0 Å². The molecule has 1 aliphatic heterocycles. The summed E-state index contributed by atoms with van der Waals surface area (Å²) in [7, 11) is 1.84. The monoisotopic (exact) mass is 402 g/mol. The van der Waals surface area contributed by atoms with Crippen molar-refractivity contribution in [3.8, 4) is 0 Å². The largest absolute Gasteiger partial charge is 0.365 e. The number of carbonyl (C=O) groups excluding carboxylic acids is 2. The second-order valence-electron chi connectivity index (χ2n) is 6.85. The van der Waals surface area contributed by atoms with Crippen LogP contribution in [-0.4, -0.2) is 23.8 Å². The third-order valence-electron chi connectivity index (χ3n) is 4.85. The summed E-state index contributed by atoms with van der Waals surface area (Å²) in [4.78, 5) is 29.8. The van der Waals surface area contributed by atoms with Gasteiger partial charge < -0.3 is 4.90 Å². The minimum absolute atomic E-state index is 0.335. The molecule has 4 rings (SSSR count). The molecule has 0 bridgehead atoms. The highest BCUT2D eigenvalue weighted by molar-refractivity contribution is 6.45. The summed E-state index contributed by atoms with van der Waals surface area (Å²) in [6.07, 6.45) is 0. The molecule has 3 aromatic carbocycles. The molecule has 0 radical (unpaired) electrons. The summed E-state index contributed by atoms with van der Waals surface area (Å²) in [6.45, 7) is 0.514. The highest BCUT2D eigenvalue weighted by Gasteiger charge is 2.41.